The van der Waals surface area contributed by atoms with Crippen molar-refractivity contribution in [3.63, 3.8) is 0 Å². The maximum atomic E-state index is 11.2. The third kappa shape index (κ3) is 8.96. The Morgan fingerprint density at radius 3 is 1.62 bits per heavy atom. The van der Waals surface area contributed by atoms with Gasteiger partial charge in [-0.15, -0.1) is 0 Å². The Bertz CT molecular complexity index is 101. The van der Waals surface area contributed by atoms with Gasteiger partial charge < -0.3 is 0 Å². The van der Waals surface area contributed by atoms with Crippen LogP contribution in [-0.2, 0) is 0 Å². The molecule has 0 rings (SSSR count). The zero-order chi connectivity index (χ0) is 5.86. The van der Waals surface area contributed by atoms with Crippen LogP contribution in [0, 0.1) is 0 Å². The standard InChI is InChI=1S/C4H3F3.FH/c1-3(5)2-4(6)7;/h2H,1H2;1H. The molecule has 0 aromatic rings. The summed E-state index contributed by atoms with van der Waals surface area (Å²) in [5, 5.41) is 0. The maximum Gasteiger partial charge on any atom is 0.273 e. The molecule has 48 valence electrons. The highest BCUT2D eigenvalue weighted by atomic mass is 19.3. The minimum absolute atomic E-state index is 0. The summed E-state index contributed by atoms with van der Waals surface area (Å²) in [7, 11) is 0. The molecule has 0 aliphatic heterocycles. The minimum atomic E-state index is -2.06. The molecule has 0 aliphatic rings. The van der Waals surface area contributed by atoms with Gasteiger partial charge in [0.25, 0.3) is 6.08 Å². The van der Waals surface area contributed by atoms with Crippen LogP contribution in [0.25, 0.3) is 0 Å². The molecule has 0 bridgehead atoms. The van der Waals surface area contributed by atoms with Crippen LogP contribution in [0.2, 0.25) is 0 Å². The Morgan fingerprint density at radius 2 is 1.62 bits per heavy atom. The molecule has 4 heteroatoms. The van der Waals surface area contributed by atoms with E-state index in [2.05, 4.69) is 6.58 Å². The van der Waals surface area contributed by atoms with Gasteiger partial charge in [-0.3, -0.25) is 4.70 Å². The molecule has 0 spiro atoms. The lowest BCUT2D eigenvalue weighted by Gasteiger charge is -1.74. The fourth-order valence-corrected chi connectivity index (χ4v) is 0.118. The Morgan fingerprint density at radius 1 is 1.25 bits per heavy atom. The van der Waals surface area contributed by atoms with Crippen LogP contribution in [0.4, 0.5) is 17.9 Å². The second kappa shape index (κ2) is 4.36. The van der Waals surface area contributed by atoms with Crippen LogP contribution < -0.4 is 0 Å². The first-order valence-corrected chi connectivity index (χ1v) is 1.50. The molecule has 0 saturated heterocycles. The first-order valence-electron chi connectivity index (χ1n) is 1.50. The van der Waals surface area contributed by atoms with Crippen molar-refractivity contribution < 1.29 is 17.9 Å². The molecule has 0 nitrogen and oxygen atoms in total. The van der Waals surface area contributed by atoms with Gasteiger partial charge in [0.05, 0.1) is 0 Å². The van der Waals surface area contributed by atoms with E-state index in [1.54, 1.807) is 0 Å². The second-order valence-electron chi connectivity index (χ2n) is 0.881. The minimum Gasteiger partial charge on any atom is -0.269 e. The molecule has 0 atom stereocenters. The average molecular weight is 128 g/mol. The number of halogens is 4. The molecule has 0 aromatic heterocycles. The van der Waals surface area contributed by atoms with Gasteiger partial charge in [-0.1, -0.05) is 6.58 Å². The summed E-state index contributed by atoms with van der Waals surface area (Å²) in [6, 6.07) is 0. The summed E-state index contributed by atoms with van der Waals surface area (Å²) >= 11 is 0. The molecular weight excluding hydrogens is 124 g/mol. The molecule has 0 aliphatic carbocycles. The van der Waals surface area contributed by atoms with Gasteiger partial charge in [-0.05, 0) is 0 Å². The van der Waals surface area contributed by atoms with Crippen molar-refractivity contribution in [3.8, 4) is 0 Å². The molecule has 0 amide bonds. The summed E-state index contributed by atoms with van der Waals surface area (Å²) in [4.78, 5) is 0. The van der Waals surface area contributed by atoms with E-state index in [0.717, 1.165) is 0 Å². The highest BCUT2D eigenvalue weighted by molar-refractivity contribution is 5.05. The first-order chi connectivity index (χ1) is 3.13. The van der Waals surface area contributed by atoms with E-state index >= 15 is 0 Å². The van der Waals surface area contributed by atoms with Crippen molar-refractivity contribution in [2.24, 2.45) is 0 Å². The summed E-state index contributed by atoms with van der Waals surface area (Å²) in [5.41, 5.74) is 0. The molecule has 0 aromatic carbocycles. The van der Waals surface area contributed by atoms with E-state index in [-0.39, 0.29) is 10.8 Å². The summed E-state index contributed by atoms with van der Waals surface area (Å²) in [5.74, 6) is -1.12. The van der Waals surface area contributed by atoms with Crippen molar-refractivity contribution in [1.82, 2.24) is 0 Å². The zero-order valence-corrected chi connectivity index (χ0v) is 3.83. The smallest absolute Gasteiger partial charge is 0.269 e. The average Bonchev–Trinajstić information content (AvgIpc) is 1.27. The molecule has 0 radical (unpaired) electrons. The molecule has 0 unspecified atom stereocenters. The fourth-order valence-electron chi connectivity index (χ4n) is 0.118. The van der Waals surface area contributed by atoms with Gasteiger partial charge >= 0.3 is 0 Å². The number of hydrogen-bond acceptors (Lipinski definition) is 0. The molecule has 0 fully saturated rings. The molecule has 0 N–H and O–H groups in total. The first kappa shape index (κ1) is 10.2. The monoisotopic (exact) mass is 128 g/mol. The number of hydrogen-bond donors (Lipinski definition) is 0. The predicted octanol–water partition coefficient (Wildman–Crippen LogP) is 2.40. The van der Waals surface area contributed by atoms with E-state index in [9.17, 15) is 13.2 Å². The van der Waals surface area contributed by atoms with E-state index < -0.39 is 11.9 Å². The maximum absolute atomic E-state index is 11.2. The largest absolute Gasteiger partial charge is 0.273 e. The van der Waals surface area contributed by atoms with Crippen LogP contribution in [0.15, 0.2) is 24.6 Å². The lowest BCUT2D eigenvalue weighted by Crippen LogP contribution is -1.58. The van der Waals surface area contributed by atoms with E-state index in [1.807, 2.05) is 0 Å². The van der Waals surface area contributed by atoms with Crippen LogP contribution in [0.1, 0.15) is 0 Å². The van der Waals surface area contributed by atoms with E-state index in [0.29, 0.717) is 0 Å². The summed E-state index contributed by atoms with van der Waals surface area (Å²) < 4.78 is 32.9. The zero-order valence-electron chi connectivity index (χ0n) is 3.83. The van der Waals surface area contributed by atoms with Crippen LogP contribution in [0.5, 0.6) is 0 Å². The van der Waals surface area contributed by atoms with Crippen molar-refractivity contribution in [1.29, 1.82) is 0 Å². The van der Waals surface area contributed by atoms with Gasteiger partial charge in [0, 0.05) is 6.08 Å². The van der Waals surface area contributed by atoms with Gasteiger partial charge in [0.2, 0.25) is 0 Å². The lowest BCUT2D eigenvalue weighted by molar-refractivity contribution is 0.417. The molecular formula is C4H4F4. The second-order valence-corrected chi connectivity index (χ2v) is 0.881. The van der Waals surface area contributed by atoms with E-state index in [4.69, 9.17) is 0 Å². The van der Waals surface area contributed by atoms with Crippen molar-refractivity contribution >= 4 is 0 Å². The molecule has 8 heavy (non-hydrogen) atoms. The van der Waals surface area contributed by atoms with Gasteiger partial charge in [-0.25, -0.2) is 4.39 Å². The van der Waals surface area contributed by atoms with E-state index in [1.165, 1.54) is 0 Å². The van der Waals surface area contributed by atoms with Crippen molar-refractivity contribution in [3.05, 3.63) is 24.6 Å². The van der Waals surface area contributed by atoms with Gasteiger partial charge in [0.15, 0.2) is 0 Å². The Labute approximate surface area is 43.7 Å². The SMILES string of the molecule is C=C(F)C=C(F)F.F. The Balaban J connectivity index is 0. The van der Waals surface area contributed by atoms with Gasteiger partial charge in [0.1, 0.15) is 5.83 Å². The van der Waals surface area contributed by atoms with Crippen LogP contribution >= 0.6 is 0 Å². The van der Waals surface area contributed by atoms with Crippen LogP contribution in [-0.4, -0.2) is 0 Å². The Kier molecular flexibility index (Phi) is 5.58. The molecule has 0 heterocycles. The van der Waals surface area contributed by atoms with Crippen LogP contribution in [0.3, 0.4) is 0 Å². The summed E-state index contributed by atoms with van der Waals surface area (Å²) in [6.07, 6.45) is -2.01. The molecule has 0 saturated carbocycles. The highest BCUT2D eigenvalue weighted by Gasteiger charge is 1.87. The normalized spacial score (nSPS) is 6.88. The quantitative estimate of drug-likeness (QED) is 0.375. The third-order valence-electron chi connectivity index (χ3n) is 0.266. The van der Waals surface area contributed by atoms with Crippen molar-refractivity contribution in [2.75, 3.05) is 0 Å². The fraction of sp³-hybridized carbons (Fsp3) is 0. The topological polar surface area (TPSA) is 0 Å². The third-order valence-corrected chi connectivity index (χ3v) is 0.266. The van der Waals surface area contributed by atoms with Crippen molar-refractivity contribution in [2.45, 2.75) is 0 Å². The summed E-state index contributed by atoms with van der Waals surface area (Å²) in [6.45, 7) is 2.57. The number of rotatable bonds is 1. The number of allylic oxidation sites excluding steroid dienone is 2. The predicted molar refractivity (Wildman–Crippen MR) is 23.0 cm³/mol. The highest BCUT2D eigenvalue weighted by Crippen LogP contribution is 2.02. The van der Waals surface area contributed by atoms with Gasteiger partial charge in [-0.2, -0.15) is 8.78 Å². The lowest BCUT2D eigenvalue weighted by atomic mass is 10.6. The Hall–Kier alpha value is -0.800.